The van der Waals surface area contributed by atoms with E-state index in [4.69, 9.17) is 16.3 Å². The van der Waals surface area contributed by atoms with Crippen molar-refractivity contribution < 1.29 is 9.84 Å². The Hall–Kier alpha value is -1.51. The van der Waals surface area contributed by atoms with Crippen molar-refractivity contribution in [1.29, 1.82) is 0 Å². The molecule has 3 heteroatoms. The summed E-state index contributed by atoms with van der Waals surface area (Å²) in [5.41, 5.74) is 1.95. The second-order valence-electron chi connectivity index (χ2n) is 4.41. The highest BCUT2D eigenvalue weighted by Gasteiger charge is 2.04. The Bertz CT molecular complexity index is 523. The van der Waals surface area contributed by atoms with Gasteiger partial charge in [0.25, 0.3) is 0 Å². The van der Waals surface area contributed by atoms with Gasteiger partial charge in [0.2, 0.25) is 0 Å². The van der Waals surface area contributed by atoms with E-state index in [1.807, 2.05) is 55.5 Å². The highest BCUT2D eigenvalue weighted by Crippen LogP contribution is 2.21. The summed E-state index contributed by atoms with van der Waals surface area (Å²) in [6.45, 7) is 2.43. The minimum absolute atomic E-state index is 0.401. The van der Waals surface area contributed by atoms with Crippen LogP contribution in [-0.4, -0.2) is 5.11 Å². The molecule has 0 aliphatic carbocycles. The Balaban J connectivity index is 1.96. The minimum Gasteiger partial charge on any atom is -0.489 e. The van der Waals surface area contributed by atoms with Crippen LogP contribution in [0.15, 0.2) is 48.5 Å². The van der Waals surface area contributed by atoms with Crippen LogP contribution in [0.5, 0.6) is 5.75 Å². The molecule has 19 heavy (non-hydrogen) atoms. The average molecular weight is 277 g/mol. The summed E-state index contributed by atoms with van der Waals surface area (Å²) in [5, 5.41) is 10.4. The second-order valence-corrected chi connectivity index (χ2v) is 4.85. The molecule has 0 spiro atoms. The van der Waals surface area contributed by atoms with Crippen molar-refractivity contribution in [2.45, 2.75) is 26.1 Å². The summed E-state index contributed by atoms with van der Waals surface area (Å²) < 4.78 is 5.68. The van der Waals surface area contributed by atoms with Crippen molar-refractivity contribution in [3.05, 3.63) is 64.7 Å². The topological polar surface area (TPSA) is 29.5 Å². The van der Waals surface area contributed by atoms with Crippen LogP contribution < -0.4 is 4.74 Å². The number of hydrogen-bond donors (Lipinski definition) is 1. The first-order valence-electron chi connectivity index (χ1n) is 6.34. The number of rotatable bonds is 5. The molecule has 0 heterocycles. The maximum absolute atomic E-state index is 9.70. The van der Waals surface area contributed by atoms with Crippen molar-refractivity contribution in [2.75, 3.05) is 0 Å². The molecule has 2 rings (SSSR count). The van der Waals surface area contributed by atoms with E-state index in [0.717, 1.165) is 16.9 Å². The van der Waals surface area contributed by atoms with Gasteiger partial charge in [-0.1, -0.05) is 42.8 Å². The Morgan fingerprint density at radius 1 is 1.16 bits per heavy atom. The zero-order valence-electron chi connectivity index (χ0n) is 10.8. The van der Waals surface area contributed by atoms with E-state index >= 15 is 0 Å². The summed E-state index contributed by atoms with van der Waals surface area (Å²) in [7, 11) is 0. The Kier molecular flexibility index (Phi) is 4.83. The van der Waals surface area contributed by atoms with Gasteiger partial charge >= 0.3 is 0 Å². The first-order chi connectivity index (χ1) is 9.19. The van der Waals surface area contributed by atoms with Crippen molar-refractivity contribution in [1.82, 2.24) is 0 Å². The molecule has 0 fully saturated rings. The standard InChI is InChI=1S/C16H17ClO2/c1-2-16(18)13-6-8-15(9-7-13)19-11-12-4-3-5-14(17)10-12/h3-10,16,18H,2,11H2,1H3/t16-/m1/s1. The average Bonchev–Trinajstić information content (AvgIpc) is 2.45. The molecule has 0 bridgehead atoms. The largest absolute Gasteiger partial charge is 0.489 e. The summed E-state index contributed by atoms with van der Waals surface area (Å²) in [6.07, 6.45) is 0.310. The van der Waals surface area contributed by atoms with E-state index < -0.39 is 6.10 Å². The van der Waals surface area contributed by atoms with Crippen molar-refractivity contribution in [3.63, 3.8) is 0 Å². The molecular weight excluding hydrogens is 260 g/mol. The van der Waals surface area contributed by atoms with E-state index in [-0.39, 0.29) is 0 Å². The Labute approximate surface area is 118 Å². The number of aliphatic hydroxyl groups excluding tert-OH is 1. The van der Waals surface area contributed by atoms with Crippen LogP contribution in [-0.2, 0) is 6.61 Å². The lowest BCUT2D eigenvalue weighted by Gasteiger charge is -2.10. The lowest BCUT2D eigenvalue weighted by molar-refractivity contribution is 0.173. The van der Waals surface area contributed by atoms with Crippen LogP contribution >= 0.6 is 11.6 Å². The molecule has 2 aromatic carbocycles. The lowest BCUT2D eigenvalue weighted by atomic mass is 10.1. The molecule has 0 unspecified atom stereocenters. The molecule has 0 amide bonds. The van der Waals surface area contributed by atoms with Gasteiger partial charge in [0.15, 0.2) is 0 Å². The van der Waals surface area contributed by atoms with Crippen LogP contribution in [0.1, 0.15) is 30.6 Å². The third-order valence-electron chi connectivity index (χ3n) is 2.95. The second kappa shape index (κ2) is 6.60. The van der Waals surface area contributed by atoms with E-state index in [0.29, 0.717) is 18.1 Å². The van der Waals surface area contributed by atoms with Crippen molar-refractivity contribution in [2.24, 2.45) is 0 Å². The third kappa shape index (κ3) is 3.98. The van der Waals surface area contributed by atoms with Crippen LogP contribution in [0.3, 0.4) is 0 Å². The highest BCUT2D eigenvalue weighted by atomic mass is 35.5. The van der Waals surface area contributed by atoms with E-state index in [2.05, 4.69) is 0 Å². The normalized spacial score (nSPS) is 12.2. The number of hydrogen-bond acceptors (Lipinski definition) is 2. The molecule has 0 aliphatic heterocycles. The van der Waals surface area contributed by atoms with Crippen LogP contribution in [0.25, 0.3) is 0 Å². The molecule has 2 aromatic rings. The SMILES string of the molecule is CC[C@@H](O)c1ccc(OCc2cccc(Cl)c2)cc1. The lowest BCUT2D eigenvalue weighted by Crippen LogP contribution is -1.97. The van der Waals surface area contributed by atoms with Gasteiger partial charge in [-0.3, -0.25) is 0 Å². The fourth-order valence-corrected chi connectivity index (χ4v) is 2.03. The zero-order chi connectivity index (χ0) is 13.7. The van der Waals surface area contributed by atoms with Crippen molar-refractivity contribution in [3.8, 4) is 5.75 Å². The number of ether oxygens (including phenoxy) is 1. The minimum atomic E-state index is -0.401. The first-order valence-corrected chi connectivity index (χ1v) is 6.72. The Morgan fingerprint density at radius 3 is 2.53 bits per heavy atom. The zero-order valence-corrected chi connectivity index (χ0v) is 11.6. The molecule has 1 N–H and O–H groups in total. The summed E-state index contributed by atoms with van der Waals surface area (Å²) in [6, 6.07) is 15.1. The van der Waals surface area contributed by atoms with E-state index in [9.17, 15) is 5.11 Å². The number of benzene rings is 2. The maximum Gasteiger partial charge on any atom is 0.119 e. The number of halogens is 1. The maximum atomic E-state index is 9.70. The molecule has 0 saturated heterocycles. The summed E-state index contributed by atoms with van der Waals surface area (Å²) in [4.78, 5) is 0. The van der Waals surface area contributed by atoms with Gasteiger partial charge in [-0.2, -0.15) is 0 Å². The molecule has 0 saturated carbocycles. The quantitative estimate of drug-likeness (QED) is 0.879. The smallest absolute Gasteiger partial charge is 0.119 e. The van der Waals surface area contributed by atoms with Gasteiger partial charge in [-0.25, -0.2) is 0 Å². The van der Waals surface area contributed by atoms with Gasteiger partial charge < -0.3 is 9.84 Å². The molecule has 0 aromatic heterocycles. The van der Waals surface area contributed by atoms with E-state index in [1.54, 1.807) is 0 Å². The van der Waals surface area contributed by atoms with Gasteiger partial charge in [-0.05, 0) is 41.8 Å². The molecule has 100 valence electrons. The van der Waals surface area contributed by atoms with Gasteiger partial charge in [0.1, 0.15) is 12.4 Å². The summed E-state index contributed by atoms with van der Waals surface area (Å²) >= 11 is 5.91. The van der Waals surface area contributed by atoms with Crippen LogP contribution in [0, 0.1) is 0 Å². The van der Waals surface area contributed by atoms with Gasteiger partial charge in [0.05, 0.1) is 6.10 Å². The molecule has 0 aliphatic rings. The summed E-state index contributed by atoms with van der Waals surface area (Å²) in [5.74, 6) is 0.784. The van der Waals surface area contributed by atoms with Crippen LogP contribution in [0.4, 0.5) is 0 Å². The molecule has 2 nitrogen and oxygen atoms in total. The highest BCUT2D eigenvalue weighted by molar-refractivity contribution is 6.30. The predicted octanol–water partition coefficient (Wildman–Crippen LogP) is 4.36. The molecular formula is C16H17ClO2. The fraction of sp³-hybridized carbons (Fsp3) is 0.250. The third-order valence-corrected chi connectivity index (χ3v) is 3.18. The van der Waals surface area contributed by atoms with Gasteiger partial charge in [0, 0.05) is 5.02 Å². The van der Waals surface area contributed by atoms with E-state index in [1.165, 1.54) is 0 Å². The predicted molar refractivity (Wildman–Crippen MR) is 77.5 cm³/mol. The number of aliphatic hydroxyl groups is 1. The van der Waals surface area contributed by atoms with Crippen LogP contribution in [0.2, 0.25) is 5.02 Å². The van der Waals surface area contributed by atoms with Crippen molar-refractivity contribution >= 4 is 11.6 Å². The molecule has 0 radical (unpaired) electrons. The fourth-order valence-electron chi connectivity index (χ4n) is 1.82. The monoisotopic (exact) mass is 276 g/mol. The molecule has 1 atom stereocenters. The van der Waals surface area contributed by atoms with Gasteiger partial charge in [-0.15, -0.1) is 0 Å². The Morgan fingerprint density at radius 2 is 1.89 bits per heavy atom. The first kappa shape index (κ1) is 13.9.